The molecular formula is C10H12N3. The summed E-state index contributed by atoms with van der Waals surface area (Å²) in [5.41, 5.74) is 9.46. The molecule has 0 aliphatic rings. The Kier molecular flexibility index (Phi) is 3.86. The van der Waals surface area contributed by atoms with E-state index in [0.29, 0.717) is 6.42 Å². The summed E-state index contributed by atoms with van der Waals surface area (Å²) in [5.74, 6) is 0. The Labute approximate surface area is 78.0 Å². The van der Waals surface area contributed by atoms with Crippen LogP contribution in [0.1, 0.15) is 12.0 Å². The van der Waals surface area contributed by atoms with Crippen LogP contribution in [-0.4, -0.2) is 6.04 Å². The highest BCUT2D eigenvalue weighted by Gasteiger charge is 2.03. The molecule has 0 saturated heterocycles. The molecule has 0 heterocycles. The fourth-order valence-electron chi connectivity index (χ4n) is 1.16. The molecule has 0 fully saturated rings. The van der Waals surface area contributed by atoms with E-state index in [1.54, 1.807) is 0 Å². The maximum atomic E-state index is 8.28. The van der Waals surface area contributed by atoms with E-state index in [0.717, 1.165) is 6.42 Å². The Bertz CT molecular complexity index is 288. The van der Waals surface area contributed by atoms with Crippen LogP contribution in [0.2, 0.25) is 0 Å². The molecule has 0 aromatic heterocycles. The SMILES string of the molecule is [CH2]CC(Cc1ccccc1)N=[N+]=[N-]. The van der Waals surface area contributed by atoms with E-state index < -0.39 is 0 Å². The van der Waals surface area contributed by atoms with Crippen molar-refractivity contribution in [3.63, 3.8) is 0 Å². The molecule has 1 rings (SSSR count). The molecule has 1 aromatic carbocycles. The number of nitrogens with zero attached hydrogens (tertiary/aromatic N) is 3. The van der Waals surface area contributed by atoms with E-state index in [4.69, 9.17) is 5.53 Å². The first-order valence-electron chi connectivity index (χ1n) is 4.24. The van der Waals surface area contributed by atoms with Gasteiger partial charge in [0.15, 0.2) is 0 Å². The molecule has 0 aliphatic heterocycles. The van der Waals surface area contributed by atoms with Crippen molar-refractivity contribution in [2.75, 3.05) is 0 Å². The predicted octanol–water partition coefficient (Wildman–Crippen LogP) is 3.13. The summed E-state index contributed by atoms with van der Waals surface area (Å²) < 4.78 is 0. The van der Waals surface area contributed by atoms with Crippen molar-refractivity contribution in [1.82, 2.24) is 0 Å². The molecule has 0 saturated carbocycles. The van der Waals surface area contributed by atoms with Crippen LogP contribution in [0.5, 0.6) is 0 Å². The second-order valence-electron chi connectivity index (χ2n) is 2.84. The summed E-state index contributed by atoms with van der Waals surface area (Å²) in [6.07, 6.45) is 1.41. The molecule has 67 valence electrons. The van der Waals surface area contributed by atoms with Crippen molar-refractivity contribution >= 4 is 0 Å². The Morgan fingerprint density at radius 1 is 1.38 bits per heavy atom. The van der Waals surface area contributed by atoms with Crippen molar-refractivity contribution in [2.24, 2.45) is 5.11 Å². The van der Waals surface area contributed by atoms with Gasteiger partial charge in [0.1, 0.15) is 0 Å². The lowest BCUT2D eigenvalue weighted by Crippen LogP contribution is -2.05. The maximum Gasteiger partial charge on any atom is 0.0414 e. The molecule has 0 aliphatic carbocycles. The first kappa shape index (κ1) is 9.62. The van der Waals surface area contributed by atoms with E-state index >= 15 is 0 Å². The first-order valence-corrected chi connectivity index (χ1v) is 4.24. The van der Waals surface area contributed by atoms with E-state index in [9.17, 15) is 0 Å². The van der Waals surface area contributed by atoms with Crippen LogP contribution in [0.4, 0.5) is 0 Å². The van der Waals surface area contributed by atoms with E-state index in [1.165, 1.54) is 5.56 Å². The van der Waals surface area contributed by atoms with Crippen molar-refractivity contribution < 1.29 is 0 Å². The minimum Gasteiger partial charge on any atom is -0.0903 e. The van der Waals surface area contributed by atoms with Crippen LogP contribution in [0.3, 0.4) is 0 Å². The molecule has 3 nitrogen and oxygen atoms in total. The summed E-state index contributed by atoms with van der Waals surface area (Å²) in [7, 11) is 0. The standard InChI is InChI=1S/C10H12N3/c1-2-10(12-13-11)8-9-6-4-3-5-7-9/h3-7,10H,1-2,8H2. The lowest BCUT2D eigenvalue weighted by Gasteiger charge is -2.06. The van der Waals surface area contributed by atoms with Gasteiger partial charge in [0.25, 0.3) is 0 Å². The highest BCUT2D eigenvalue weighted by Crippen LogP contribution is 2.08. The van der Waals surface area contributed by atoms with Crippen molar-refractivity contribution in [1.29, 1.82) is 0 Å². The number of hydrogen-bond donors (Lipinski definition) is 0. The Morgan fingerprint density at radius 3 is 2.62 bits per heavy atom. The summed E-state index contributed by atoms with van der Waals surface area (Å²) in [5, 5.41) is 3.66. The quantitative estimate of drug-likeness (QED) is 0.382. The van der Waals surface area contributed by atoms with Crippen molar-refractivity contribution in [3.8, 4) is 0 Å². The van der Waals surface area contributed by atoms with E-state index in [-0.39, 0.29) is 6.04 Å². The van der Waals surface area contributed by atoms with Gasteiger partial charge >= 0.3 is 0 Å². The third-order valence-electron chi connectivity index (χ3n) is 1.86. The van der Waals surface area contributed by atoms with Crippen molar-refractivity contribution in [3.05, 3.63) is 53.3 Å². The van der Waals surface area contributed by atoms with E-state index in [1.807, 2.05) is 30.3 Å². The average molecular weight is 174 g/mol. The molecule has 1 aromatic rings. The van der Waals surface area contributed by atoms with Gasteiger partial charge in [0.05, 0.1) is 0 Å². The third kappa shape index (κ3) is 3.18. The first-order chi connectivity index (χ1) is 6.36. The molecule has 1 atom stereocenters. The predicted molar refractivity (Wildman–Crippen MR) is 53.1 cm³/mol. The zero-order chi connectivity index (χ0) is 9.52. The molecular weight excluding hydrogens is 162 g/mol. The largest absolute Gasteiger partial charge is 0.0903 e. The lowest BCUT2D eigenvalue weighted by molar-refractivity contribution is 0.672. The fourth-order valence-corrected chi connectivity index (χ4v) is 1.16. The number of hydrogen-bond acceptors (Lipinski definition) is 1. The number of rotatable bonds is 4. The van der Waals surface area contributed by atoms with Gasteiger partial charge in [-0.25, -0.2) is 0 Å². The maximum absolute atomic E-state index is 8.28. The van der Waals surface area contributed by atoms with Gasteiger partial charge in [-0.05, 0) is 23.9 Å². The fraction of sp³-hybridized carbons (Fsp3) is 0.300. The molecule has 0 spiro atoms. The normalized spacial score (nSPS) is 11.8. The molecule has 0 amide bonds. The summed E-state index contributed by atoms with van der Waals surface area (Å²) in [6, 6.07) is 9.95. The second-order valence-corrected chi connectivity index (χ2v) is 2.84. The molecule has 1 unspecified atom stereocenters. The highest BCUT2D eigenvalue weighted by atomic mass is 15.1. The van der Waals surface area contributed by atoms with Crippen molar-refractivity contribution in [2.45, 2.75) is 18.9 Å². The van der Waals surface area contributed by atoms with Gasteiger partial charge in [-0.15, -0.1) is 0 Å². The molecule has 1 radical (unpaired) electrons. The Balaban J connectivity index is 2.61. The van der Waals surface area contributed by atoms with Crippen LogP contribution >= 0.6 is 0 Å². The minimum atomic E-state index is -0.0209. The van der Waals surface area contributed by atoms with Crippen LogP contribution in [0, 0.1) is 6.92 Å². The smallest absolute Gasteiger partial charge is 0.0414 e. The molecule has 3 heteroatoms. The summed E-state index contributed by atoms with van der Waals surface area (Å²) in [6.45, 7) is 3.74. The summed E-state index contributed by atoms with van der Waals surface area (Å²) >= 11 is 0. The highest BCUT2D eigenvalue weighted by molar-refractivity contribution is 5.15. The number of benzene rings is 1. The van der Waals surface area contributed by atoms with Gasteiger partial charge in [-0.1, -0.05) is 42.4 Å². The Morgan fingerprint density at radius 2 is 2.08 bits per heavy atom. The minimum absolute atomic E-state index is 0.0209. The Hall–Kier alpha value is -1.47. The third-order valence-corrected chi connectivity index (χ3v) is 1.86. The molecule has 0 N–H and O–H groups in total. The zero-order valence-electron chi connectivity index (χ0n) is 7.43. The van der Waals surface area contributed by atoms with Gasteiger partial charge in [0, 0.05) is 11.0 Å². The molecule has 13 heavy (non-hydrogen) atoms. The van der Waals surface area contributed by atoms with Crippen LogP contribution in [0.15, 0.2) is 35.4 Å². The van der Waals surface area contributed by atoms with Gasteiger partial charge < -0.3 is 0 Å². The topological polar surface area (TPSA) is 48.8 Å². The number of azide groups is 1. The lowest BCUT2D eigenvalue weighted by atomic mass is 10.1. The van der Waals surface area contributed by atoms with Gasteiger partial charge in [0.2, 0.25) is 0 Å². The van der Waals surface area contributed by atoms with Gasteiger partial charge in [-0.3, -0.25) is 0 Å². The average Bonchev–Trinajstić information content (AvgIpc) is 2.19. The van der Waals surface area contributed by atoms with E-state index in [2.05, 4.69) is 16.9 Å². The monoisotopic (exact) mass is 174 g/mol. The van der Waals surface area contributed by atoms with Crippen LogP contribution < -0.4 is 0 Å². The van der Waals surface area contributed by atoms with Crippen LogP contribution in [0.25, 0.3) is 10.4 Å². The zero-order valence-corrected chi connectivity index (χ0v) is 7.43. The summed E-state index contributed by atoms with van der Waals surface area (Å²) in [4.78, 5) is 2.79. The van der Waals surface area contributed by atoms with Crippen LogP contribution in [-0.2, 0) is 6.42 Å². The van der Waals surface area contributed by atoms with Gasteiger partial charge in [-0.2, -0.15) is 0 Å². The molecule has 0 bridgehead atoms. The second kappa shape index (κ2) is 5.22.